The third-order valence-corrected chi connectivity index (χ3v) is 11.8. The number of anilines is 2. The lowest BCUT2D eigenvalue weighted by Gasteiger charge is -2.27. The van der Waals surface area contributed by atoms with Crippen molar-refractivity contribution in [2.75, 3.05) is 43.1 Å². The predicted octanol–water partition coefficient (Wildman–Crippen LogP) is 9.28. The molecular formula is C51H67N5O7. The van der Waals surface area contributed by atoms with E-state index >= 15 is 0 Å². The Balaban J connectivity index is 1.58. The Morgan fingerprint density at radius 3 is 2.32 bits per heavy atom. The summed E-state index contributed by atoms with van der Waals surface area (Å²) in [6.07, 6.45) is 12.1. The van der Waals surface area contributed by atoms with Gasteiger partial charge >= 0.3 is 17.8 Å². The van der Waals surface area contributed by atoms with Gasteiger partial charge in [-0.05, 0) is 96.9 Å². The van der Waals surface area contributed by atoms with Crippen LogP contribution in [0.15, 0.2) is 111 Å². The summed E-state index contributed by atoms with van der Waals surface area (Å²) >= 11 is 0. The van der Waals surface area contributed by atoms with E-state index in [1.807, 2.05) is 13.0 Å². The van der Waals surface area contributed by atoms with E-state index in [4.69, 9.17) is 9.47 Å². The van der Waals surface area contributed by atoms with Gasteiger partial charge in [-0.25, -0.2) is 14.4 Å². The minimum Gasteiger partial charge on any atom is -0.494 e. The second-order valence-corrected chi connectivity index (χ2v) is 17.5. The molecule has 5 rings (SSSR count). The van der Waals surface area contributed by atoms with Gasteiger partial charge in [0.15, 0.2) is 0 Å². The molecule has 1 aromatic heterocycles. The molecule has 12 nitrogen and oxygen atoms in total. The summed E-state index contributed by atoms with van der Waals surface area (Å²) in [6.45, 7) is 21.4. The Kier molecular flexibility index (Phi) is 16.3. The Morgan fingerprint density at radius 2 is 1.60 bits per heavy atom. The van der Waals surface area contributed by atoms with Crippen molar-refractivity contribution in [2.24, 2.45) is 0 Å². The minimum atomic E-state index is -0.799. The Bertz CT molecular complexity index is 2410. The molecule has 1 aliphatic heterocycles. The van der Waals surface area contributed by atoms with Crippen LogP contribution in [0.3, 0.4) is 0 Å². The number of nitrogens with one attached hydrogen (secondary N) is 2. The van der Waals surface area contributed by atoms with Gasteiger partial charge < -0.3 is 30.1 Å². The molecule has 0 radical (unpaired) electrons. The highest BCUT2D eigenvalue weighted by atomic mass is 16.6. The zero-order valence-corrected chi connectivity index (χ0v) is 38.6. The van der Waals surface area contributed by atoms with Crippen LogP contribution in [0.4, 0.5) is 16.2 Å². The number of rotatable bonds is 20. The third-order valence-electron chi connectivity index (χ3n) is 11.8. The van der Waals surface area contributed by atoms with Gasteiger partial charge in [0.25, 0.3) is 5.56 Å². The molecule has 1 amide bonds. The summed E-state index contributed by atoms with van der Waals surface area (Å²) in [4.78, 5) is 55.2. The molecule has 2 aliphatic rings. The maximum Gasteiger partial charge on any atom is 0.407 e. The van der Waals surface area contributed by atoms with Gasteiger partial charge in [-0.2, -0.15) is 0 Å². The molecule has 1 aliphatic carbocycles. The summed E-state index contributed by atoms with van der Waals surface area (Å²) < 4.78 is 12.6. The molecule has 12 heteroatoms. The molecule has 2 heterocycles. The summed E-state index contributed by atoms with van der Waals surface area (Å²) in [6, 6.07) is 16.9. The second kappa shape index (κ2) is 21.4. The molecule has 0 spiro atoms. The van der Waals surface area contributed by atoms with Crippen LogP contribution < -0.4 is 26.8 Å². The second-order valence-electron chi connectivity index (χ2n) is 17.5. The summed E-state index contributed by atoms with van der Waals surface area (Å²) in [5.41, 5.74) is 6.66. The number of hydrogen-bond acceptors (Lipinski definition) is 9. The number of carbonyl (C=O) groups is 2. The predicted molar refractivity (Wildman–Crippen MR) is 253 cm³/mol. The van der Waals surface area contributed by atoms with Crippen LogP contribution in [0.5, 0.6) is 5.88 Å². The van der Waals surface area contributed by atoms with Crippen molar-refractivity contribution in [2.45, 2.75) is 118 Å². The fourth-order valence-electron chi connectivity index (χ4n) is 8.49. The van der Waals surface area contributed by atoms with Gasteiger partial charge in [0, 0.05) is 47.7 Å². The zero-order valence-electron chi connectivity index (χ0n) is 38.6. The van der Waals surface area contributed by atoms with Crippen molar-refractivity contribution in [3.8, 4) is 5.88 Å². The average molecular weight is 862 g/mol. The van der Waals surface area contributed by atoms with Gasteiger partial charge in [-0.3, -0.25) is 13.9 Å². The van der Waals surface area contributed by atoms with Crippen molar-refractivity contribution in [1.82, 2.24) is 14.5 Å². The van der Waals surface area contributed by atoms with Crippen LogP contribution in [0.1, 0.15) is 111 Å². The van der Waals surface area contributed by atoms with E-state index in [0.717, 1.165) is 53.0 Å². The number of carbonyl (C=O) groups excluding carboxylic acids is 2. The molecule has 0 saturated carbocycles. The summed E-state index contributed by atoms with van der Waals surface area (Å²) in [7, 11) is 0. The largest absolute Gasteiger partial charge is 0.494 e. The number of allylic oxidation sites excluding steroid dienone is 8. The molecule has 0 atom stereocenters. The van der Waals surface area contributed by atoms with Crippen LogP contribution in [0.25, 0.3) is 5.57 Å². The lowest BCUT2D eigenvalue weighted by atomic mass is 9.80. The molecule has 3 aromatic rings. The number of ether oxygens (including phenoxy) is 2. The van der Waals surface area contributed by atoms with E-state index in [2.05, 4.69) is 130 Å². The normalized spacial score (nSPS) is 16.0. The highest BCUT2D eigenvalue weighted by molar-refractivity contribution is 5.88. The van der Waals surface area contributed by atoms with E-state index in [-0.39, 0.29) is 60.7 Å². The number of para-hydroxylation sites is 2. The standard InChI is InChI=1S/C51H67N5O7/c1-10-28-52-40-21-15-13-19-38(40)50(6,7)27-17-18-36-23-24-37(25-26-42-51(8,9)39-20-14-16-22-41(39)54(42)30-11-2)43(36)44-45(57)55(31-12-3)49(61)56(46(44)58)32-34-63-48(60)53-29-33-62-47(59)35(4)5/h13-22,25-26,52,57H,4,10-12,23-24,27-34H2,1-3,5-9H3,(H,53,60)/b18-17+,37-25-,42-26-. The number of esters is 1. The number of hydrogen-bond donors (Lipinski definition) is 3. The maximum absolute atomic E-state index is 14.7. The molecule has 338 valence electrons. The molecule has 0 bridgehead atoms. The van der Waals surface area contributed by atoms with Gasteiger partial charge in [0.05, 0.1) is 13.1 Å². The van der Waals surface area contributed by atoms with E-state index < -0.39 is 23.3 Å². The van der Waals surface area contributed by atoms with Crippen molar-refractivity contribution < 1.29 is 24.2 Å². The quantitative estimate of drug-likeness (QED) is 0.0575. The molecule has 63 heavy (non-hydrogen) atoms. The van der Waals surface area contributed by atoms with E-state index in [0.29, 0.717) is 31.3 Å². The van der Waals surface area contributed by atoms with Crippen molar-refractivity contribution in [3.63, 3.8) is 0 Å². The van der Waals surface area contributed by atoms with E-state index in [9.17, 15) is 24.3 Å². The number of alkyl carbamates (subject to hydrolysis) is 1. The first kappa shape index (κ1) is 48.0. The molecule has 3 N–H and O–H groups in total. The van der Waals surface area contributed by atoms with Crippen LogP contribution in [0, 0.1) is 0 Å². The number of aromatic nitrogens is 2. The third kappa shape index (κ3) is 11.0. The summed E-state index contributed by atoms with van der Waals surface area (Å²) in [5, 5.41) is 18.1. The smallest absolute Gasteiger partial charge is 0.407 e. The number of nitrogens with zero attached hydrogens (tertiary/aromatic N) is 3. The number of fused-ring (bicyclic) bond motifs is 1. The monoisotopic (exact) mass is 862 g/mol. The van der Waals surface area contributed by atoms with Crippen LogP contribution in [0.2, 0.25) is 0 Å². The lowest BCUT2D eigenvalue weighted by Crippen LogP contribution is -2.42. The maximum atomic E-state index is 14.7. The Morgan fingerprint density at radius 1 is 0.889 bits per heavy atom. The van der Waals surface area contributed by atoms with Crippen LogP contribution >= 0.6 is 0 Å². The van der Waals surface area contributed by atoms with Gasteiger partial charge in [0.1, 0.15) is 18.8 Å². The number of aromatic hydroxyl groups is 1. The van der Waals surface area contributed by atoms with Crippen molar-refractivity contribution in [3.05, 3.63) is 139 Å². The van der Waals surface area contributed by atoms with Crippen LogP contribution in [-0.2, 0) is 38.2 Å². The fourth-order valence-corrected chi connectivity index (χ4v) is 8.49. The molecular weight excluding hydrogens is 795 g/mol. The zero-order chi connectivity index (χ0) is 45.9. The van der Waals surface area contributed by atoms with Crippen molar-refractivity contribution >= 4 is 29.0 Å². The van der Waals surface area contributed by atoms with Gasteiger partial charge in [-0.1, -0.05) is 110 Å². The average Bonchev–Trinajstić information content (AvgIpc) is 3.74. The summed E-state index contributed by atoms with van der Waals surface area (Å²) in [5.74, 6) is -0.956. The van der Waals surface area contributed by atoms with E-state index in [1.54, 1.807) is 0 Å². The minimum absolute atomic E-state index is 0.000891. The first-order valence-electron chi connectivity index (χ1n) is 22.4. The molecule has 0 fully saturated rings. The molecule has 0 unspecified atom stereocenters. The first-order valence-corrected chi connectivity index (χ1v) is 22.4. The Hall–Kier alpha value is -6.04. The highest BCUT2D eigenvalue weighted by Gasteiger charge is 2.39. The van der Waals surface area contributed by atoms with Gasteiger partial charge in [0.2, 0.25) is 5.88 Å². The molecule has 2 aromatic carbocycles. The van der Waals surface area contributed by atoms with E-state index in [1.165, 1.54) is 28.3 Å². The van der Waals surface area contributed by atoms with Gasteiger partial charge in [-0.15, -0.1) is 0 Å². The fraction of sp³-hybridized carbons (Fsp3) is 0.451. The highest BCUT2D eigenvalue weighted by Crippen LogP contribution is 2.48. The number of benzene rings is 2. The Labute approximate surface area is 372 Å². The topological polar surface area (TPSA) is 144 Å². The van der Waals surface area contributed by atoms with Crippen LogP contribution in [-0.4, -0.2) is 59.2 Å². The molecule has 0 saturated heterocycles. The lowest BCUT2D eigenvalue weighted by molar-refractivity contribution is -0.138. The number of amides is 1. The SMILES string of the molecule is C=C(C)C(=O)OCCNC(=O)OCCn1c(=O)c(C2=C(/C=C/CC(C)(C)c3ccccc3NCCC)CC/C2=C/C=C2\N(CCC)c3ccccc3C2(C)C)c(O)n(CCC)c1=O. The van der Waals surface area contributed by atoms with Crippen molar-refractivity contribution in [1.29, 1.82) is 0 Å². The first-order chi connectivity index (χ1) is 30.1.